The highest BCUT2D eigenvalue weighted by atomic mass is 16.2. The molecule has 0 aliphatic carbocycles. The van der Waals surface area contributed by atoms with Crippen LogP contribution < -0.4 is 5.32 Å². The Bertz CT molecular complexity index is 716. The van der Waals surface area contributed by atoms with Gasteiger partial charge in [0.05, 0.1) is 5.92 Å². The molecule has 1 aliphatic rings. The smallest absolute Gasteiger partial charge is 0.232 e. The molecule has 1 atom stereocenters. The summed E-state index contributed by atoms with van der Waals surface area (Å²) in [7, 11) is 0. The number of anilines is 1. The summed E-state index contributed by atoms with van der Waals surface area (Å²) in [5, 5.41) is 2.84. The predicted molar refractivity (Wildman–Crippen MR) is 87.3 cm³/mol. The molecule has 3 rings (SSSR count). The van der Waals surface area contributed by atoms with Crippen LogP contribution in [0.1, 0.15) is 53.6 Å². The number of hydrogen-bond acceptors (Lipinski definition) is 2. The van der Waals surface area contributed by atoms with Crippen molar-refractivity contribution in [2.24, 2.45) is 0 Å². The molecule has 0 spiro atoms. The molecule has 1 aliphatic heterocycles. The molecule has 3 heteroatoms. The Morgan fingerprint density at radius 1 is 1.09 bits per heavy atom. The Kier molecular flexibility index (Phi) is 3.80. The molecule has 1 amide bonds. The molecule has 0 saturated carbocycles. The molecular formula is C19H19NO2. The molecule has 22 heavy (non-hydrogen) atoms. The fourth-order valence-corrected chi connectivity index (χ4v) is 2.84. The molecule has 0 fully saturated rings. The molecule has 0 bridgehead atoms. The van der Waals surface area contributed by atoms with E-state index in [2.05, 4.69) is 19.2 Å². The molecule has 0 saturated heterocycles. The summed E-state index contributed by atoms with van der Waals surface area (Å²) >= 11 is 0. The van der Waals surface area contributed by atoms with Crippen LogP contribution in [-0.2, 0) is 4.79 Å². The van der Waals surface area contributed by atoms with E-state index in [0.29, 0.717) is 11.5 Å². The van der Waals surface area contributed by atoms with Crippen molar-refractivity contribution in [3.8, 4) is 0 Å². The number of rotatable bonds is 4. The highest BCUT2D eigenvalue weighted by molar-refractivity contribution is 6.07. The van der Waals surface area contributed by atoms with E-state index in [1.54, 1.807) is 0 Å². The Hall–Kier alpha value is -2.42. The zero-order valence-electron chi connectivity index (χ0n) is 12.8. The number of nitrogens with one attached hydrogen (secondary N) is 1. The van der Waals surface area contributed by atoms with Crippen LogP contribution in [0.4, 0.5) is 5.69 Å². The van der Waals surface area contributed by atoms with Crippen LogP contribution in [0, 0.1) is 0 Å². The minimum atomic E-state index is -0.381. The molecular weight excluding hydrogens is 274 g/mol. The summed E-state index contributed by atoms with van der Waals surface area (Å²) in [6.45, 7) is 4.24. The summed E-state index contributed by atoms with van der Waals surface area (Å²) in [6, 6.07) is 15.2. The van der Waals surface area contributed by atoms with Crippen molar-refractivity contribution in [3.63, 3.8) is 0 Å². The van der Waals surface area contributed by atoms with Crippen molar-refractivity contribution < 1.29 is 9.59 Å². The Balaban J connectivity index is 1.78. The summed E-state index contributed by atoms with van der Waals surface area (Å²) < 4.78 is 0. The molecule has 1 N–H and O–H groups in total. The van der Waals surface area contributed by atoms with Crippen LogP contribution in [0.25, 0.3) is 0 Å². The van der Waals surface area contributed by atoms with E-state index in [1.165, 1.54) is 5.56 Å². The van der Waals surface area contributed by atoms with Gasteiger partial charge in [-0.15, -0.1) is 0 Å². The minimum absolute atomic E-state index is 0.00663. The van der Waals surface area contributed by atoms with Gasteiger partial charge in [0, 0.05) is 17.7 Å². The highest BCUT2D eigenvalue weighted by Gasteiger charge is 2.32. The molecule has 0 radical (unpaired) electrons. The highest BCUT2D eigenvalue weighted by Crippen LogP contribution is 2.35. The van der Waals surface area contributed by atoms with E-state index < -0.39 is 0 Å². The number of carbonyl (C=O) groups is 2. The van der Waals surface area contributed by atoms with E-state index in [1.807, 2.05) is 48.5 Å². The third-order valence-corrected chi connectivity index (χ3v) is 4.20. The summed E-state index contributed by atoms with van der Waals surface area (Å²) in [5.74, 6) is -0.0226. The monoisotopic (exact) mass is 293 g/mol. The normalized spacial score (nSPS) is 16.5. The predicted octanol–water partition coefficient (Wildman–Crippen LogP) is 4.12. The first kappa shape index (κ1) is 14.5. The molecule has 2 aromatic rings. The third kappa shape index (κ3) is 2.67. The van der Waals surface area contributed by atoms with Gasteiger partial charge in [0.2, 0.25) is 5.91 Å². The standard InChI is InChI=1S/C19H19NO2/c1-12(2)13-7-9-14(10-8-13)18(21)11-16-15-5-3-4-6-17(15)20-19(16)22/h3-10,12,16H,11H2,1-2H3,(H,20,22)/t16-/m0/s1. The SMILES string of the molecule is CC(C)c1ccc(C(=O)C[C@@H]2C(=O)Nc3ccccc32)cc1. The van der Waals surface area contributed by atoms with Gasteiger partial charge in [-0.2, -0.15) is 0 Å². The lowest BCUT2D eigenvalue weighted by Crippen LogP contribution is -2.16. The van der Waals surface area contributed by atoms with E-state index >= 15 is 0 Å². The van der Waals surface area contributed by atoms with Gasteiger partial charge in [-0.25, -0.2) is 0 Å². The molecule has 3 nitrogen and oxygen atoms in total. The average molecular weight is 293 g/mol. The fourth-order valence-electron chi connectivity index (χ4n) is 2.84. The van der Waals surface area contributed by atoms with Gasteiger partial charge in [0.1, 0.15) is 0 Å². The summed E-state index contributed by atoms with van der Waals surface area (Å²) in [6.07, 6.45) is 0.212. The van der Waals surface area contributed by atoms with Crippen LogP contribution >= 0.6 is 0 Å². The number of fused-ring (bicyclic) bond motifs is 1. The summed E-state index contributed by atoms with van der Waals surface area (Å²) in [4.78, 5) is 24.5. The number of amides is 1. The second-order valence-electron chi connectivity index (χ2n) is 6.03. The zero-order valence-corrected chi connectivity index (χ0v) is 12.8. The van der Waals surface area contributed by atoms with Gasteiger partial charge in [-0.3, -0.25) is 9.59 Å². The lowest BCUT2D eigenvalue weighted by atomic mass is 9.92. The first-order valence-electron chi connectivity index (χ1n) is 7.59. The molecule has 0 aromatic heterocycles. The quantitative estimate of drug-likeness (QED) is 0.862. The number of para-hydroxylation sites is 1. The Labute approximate surface area is 130 Å². The van der Waals surface area contributed by atoms with Crippen molar-refractivity contribution in [2.45, 2.75) is 32.1 Å². The molecule has 112 valence electrons. The van der Waals surface area contributed by atoms with Crippen molar-refractivity contribution in [1.29, 1.82) is 0 Å². The maximum Gasteiger partial charge on any atom is 0.232 e. The van der Waals surface area contributed by atoms with Gasteiger partial charge < -0.3 is 5.32 Å². The fraction of sp³-hybridized carbons (Fsp3) is 0.263. The van der Waals surface area contributed by atoms with Crippen molar-refractivity contribution in [1.82, 2.24) is 0 Å². The zero-order chi connectivity index (χ0) is 15.7. The number of hydrogen-bond donors (Lipinski definition) is 1. The number of carbonyl (C=O) groups excluding carboxylic acids is 2. The van der Waals surface area contributed by atoms with E-state index in [0.717, 1.165) is 11.3 Å². The van der Waals surface area contributed by atoms with Gasteiger partial charge in [0.25, 0.3) is 0 Å². The third-order valence-electron chi connectivity index (χ3n) is 4.20. The Morgan fingerprint density at radius 2 is 1.77 bits per heavy atom. The van der Waals surface area contributed by atoms with Crippen LogP contribution in [0.15, 0.2) is 48.5 Å². The lowest BCUT2D eigenvalue weighted by molar-refractivity contribution is -0.117. The van der Waals surface area contributed by atoms with Gasteiger partial charge >= 0.3 is 0 Å². The van der Waals surface area contributed by atoms with Crippen LogP contribution in [-0.4, -0.2) is 11.7 Å². The van der Waals surface area contributed by atoms with E-state index in [4.69, 9.17) is 0 Å². The lowest BCUT2D eigenvalue weighted by Gasteiger charge is -2.09. The van der Waals surface area contributed by atoms with Crippen LogP contribution in [0.2, 0.25) is 0 Å². The van der Waals surface area contributed by atoms with E-state index in [-0.39, 0.29) is 24.0 Å². The number of benzene rings is 2. The average Bonchev–Trinajstić information content (AvgIpc) is 2.83. The summed E-state index contributed by atoms with van der Waals surface area (Å²) in [5.41, 5.74) is 3.61. The van der Waals surface area contributed by atoms with Gasteiger partial charge in [-0.1, -0.05) is 56.3 Å². The molecule has 1 heterocycles. The van der Waals surface area contributed by atoms with Gasteiger partial charge in [0.15, 0.2) is 5.78 Å². The van der Waals surface area contributed by atoms with Crippen LogP contribution in [0.3, 0.4) is 0 Å². The second kappa shape index (κ2) is 5.76. The topological polar surface area (TPSA) is 46.2 Å². The Morgan fingerprint density at radius 3 is 2.45 bits per heavy atom. The molecule has 2 aromatic carbocycles. The van der Waals surface area contributed by atoms with Crippen molar-refractivity contribution >= 4 is 17.4 Å². The first-order chi connectivity index (χ1) is 10.6. The molecule has 0 unspecified atom stereocenters. The van der Waals surface area contributed by atoms with Crippen molar-refractivity contribution in [3.05, 3.63) is 65.2 Å². The second-order valence-corrected chi connectivity index (χ2v) is 6.03. The maximum atomic E-state index is 12.5. The maximum absolute atomic E-state index is 12.5. The largest absolute Gasteiger partial charge is 0.325 e. The van der Waals surface area contributed by atoms with Crippen LogP contribution in [0.5, 0.6) is 0 Å². The first-order valence-corrected chi connectivity index (χ1v) is 7.59. The number of Topliss-reactive ketones (excluding diaryl/α,β-unsaturated/α-hetero) is 1. The number of ketones is 1. The van der Waals surface area contributed by atoms with Gasteiger partial charge in [-0.05, 0) is 23.1 Å². The van der Waals surface area contributed by atoms with Crippen molar-refractivity contribution in [2.75, 3.05) is 5.32 Å². The minimum Gasteiger partial charge on any atom is -0.325 e. The van der Waals surface area contributed by atoms with E-state index in [9.17, 15) is 9.59 Å².